The highest BCUT2D eigenvalue weighted by Gasteiger charge is 2.15. The molecule has 0 bridgehead atoms. The molecule has 1 saturated heterocycles. The molecule has 0 saturated carbocycles. The van der Waals surface area contributed by atoms with Crippen molar-refractivity contribution in [3.63, 3.8) is 0 Å². The number of carbonyl (C=O) groups excluding carboxylic acids is 1. The number of H-pyrrole nitrogens is 2. The van der Waals surface area contributed by atoms with Gasteiger partial charge in [-0.1, -0.05) is 0 Å². The maximum Gasteiger partial charge on any atom is 0.323 e. The van der Waals surface area contributed by atoms with Crippen LogP contribution in [0.15, 0.2) is 23.0 Å². The number of amides is 1. The molecule has 1 atom stereocenters. The number of aromatic amines is 2. The van der Waals surface area contributed by atoms with Crippen LogP contribution < -0.4 is 16.3 Å². The average Bonchev–Trinajstić information content (AvgIpc) is 3.02. The lowest BCUT2D eigenvalue weighted by Crippen LogP contribution is -2.30. The van der Waals surface area contributed by atoms with Gasteiger partial charge in [-0.15, -0.1) is 0 Å². The Labute approximate surface area is 109 Å². The van der Waals surface area contributed by atoms with Crippen molar-refractivity contribution < 1.29 is 4.79 Å². The summed E-state index contributed by atoms with van der Waals surface area (Å²) in [6.07, 6.45) is 1.10. The first-order valence-electron chi connectivity index (χ1n) is 6.43. The van der Waals surface area contributed by atoms with E-state index < -0.39 is 0 Å². The summed E-state index contributed by atoms with van der Waals surface area (Å²) in [5.74, 6) is 0.413. The van der Waals surface area contributed by atoms with E-state index in [1.807, 2.05) is 0 Å². The van der Waals surface area contributed by atoms with Crippen LogP contribution in [0.1, 0.15) is 16.8 Å². The molecule has 1 aromatic heterocycles. The summed E-state index contributed by atoms with van der Waals surface area (Å²) in [6, 6.07) is 5.14. The van der Waals surface area contributed by atoms with E-state index in [1.54, 1.807) is 18.2 Å². The van der Waals surface area contributed by atoms with Crippen molar-refractivity contribution in [1.82, 2.24) is 20.6 Å². The summed E-state index contributed by atoms with van der Waals surface area (Å²) >= 11 is 0. The van der Waals surface area contributed by atoms with Gasteiger partial charge in [0.15, 0.2) is 0 Å². The van der Waals surface area contributed by atoms with Crippen LogP contribution in [-0.4, -0.2) is 35.5 Å². The number of imidazole rings is 1. The fourth-order valence-corrected chi connectivity index (χ4v) is 2.40. The molecule has 19 heavy (non-hydrogen) atoms. The highest BCUT2D eigenvalue weighted by Crippen LogP contribution is 2.11. The molecule has 1 aromatic carbocycles. The number of carbonyl (C=O) groups is 1. The van der Waals surface area contributed by atoms with Crippen LogP contribution in [0.25, 0.3) is 11.0 Å². The zero-order valence-electron chi connectivity index (χ0n) is 10.5. The molecule has 6 heteroatoms. The third kappa shape index (κ3) is 2.53. The summed E-state index contributed by atoms with van der Waals surface area (Å²) in [5.41, 5.74) is 1.67. The van der Waals surface area contributed by atoms with E-state index >= 15 is 0 Å². The quantitative estimate of drug-likeness (QED) is 0.635. The molecule has 1 amide bonds. The molecule has 100 valence electrons. The highest BCUT2D eigenvalue weighted by atomic mass is 16.2. The first-order chi connectivity index (χ1) is 9.22. The lowest BCUT2D eigenvalue weighted by Gasteiger charge is -2.10. The van der Waals surface area contributed by atoms with Crippen LogP contribution in [0.5, 0.6) is 0 Å². The van der Waals surface area contributed by atoms with Gasteiger partial charge in [0, 0.05) is 12.1 Å². The van der Waals surface area contributed by atoms with Gasteiger partial charge in [0.2, 0.25) is 0 Å². The molecule has 4 N–H and O–H groups in total. The zero-order chi connectivity index (χ0) is 13.2. The second kappa shape index (κ2) is 4.89. The fraction of sp³-hybridized carbons (Fsp3) is 0.385. The van der Waals surface area contributed by atoms with Gasteiger partial charge in [0.1, 0.15) is 0 Å². The van der Waals surface area contributed by atoms with E-state index in [9.17, 15) is 9.59 Å². The van der Waals surface area contributed by atoms with Crippen LogP contribution in [-0.2, 0) is 0 Å². The van der Waals surface area contributed by atoms with Gasteiger partial charge in [-0.25, -0.2) is 4.79 Å². The van der Waals surface area contributed by atoms with Gasteiger partial charge in [-0.05, 0) is 43.6 Å². The standard InChI is InChI=1S/C13H16N4O2/c18-12(15-7-8-3-4-14-6-8)9-1-2-10-11(5-9)17-13(19)16-10/h1-2,5,8,14H,3-4,6-7H2,(H,15,18)(H2,16,17,19). The van der Waals surface area contributed by atoms with Crippen molar-refractivity contribution in [2.75, 3.05) is 19.6 Å². The summed E-state index contributed by atoms with van der Waals surface area (Å²) in [7, 11) is 0. The van der Waals surface area contributed by atoms with E-state index in [2.05, 4.69) is 20.6 Å². The number of fused-ring (bicyclic) bond motifs is 1. The van der Waals surface area contributed by atoms with Crippen LogP contribution >= 0.6 is 0 Å². The van der Waals surface area contributed by atoms with Crippen LogP contribution in [0.3, 0.4) is 0 Å². The first-order valence-corrected chi connectivity index (χ1v) is 6.43. The normalized spacial score (nSPS) is 18.8. The van der Waals surface area contributed by atoms with E-state index in [0.717, 1.165) is 19.5 Å². The molecule has 1 aliphatic heterocycles. The predicted molar refractivity (Wildman–Crippen MR) is 72.2 cm³/mol. The molecule has 0 spiro atoms. The van der Waals surface area contributed by atoms with Crippen LogP contribution in [0.2, 0.25) is 0 Å². The molecular formula is C13H16N4O2. The number of hydrogen-bond donors (Lipinski definition) is 4. The summed E-state index contributed by atoms with van der Waals surface area (Å²) in [6.45, 7) is 2.68. The highest BCUT2D eigenvalue weighted by molar-refractivity contribution is 5.97. The van der Waals surface area contributed by atoms with Gasteiger partial charge in [0.05, 0.1) is 11.0 Å². The molecule has 6 nitrogen and oxygen atoms in total. The number of rotatable bonds is 3. The monoisotopic (exact) mass is 260 g/mol. The summed E-state index contributed by atoms with van der Waals surface area (Å²) in [5, 5.41) is 6.20. The topological polar surface area (TPSA) is 89.8 Å². The molecule has 2 heterocycles. The predicted octanol–water partition coefficient (Wildman–Crippen LogP) is 0.196. The molecule has 1 fully saturated rings. The Kier molecular flexibility index (Phi) is 3.08. The molecular weight excluding hydrogens is 244 g/mol. The number of benzene rings is 1. The Morgan fingerprint density at radius 1 is 1.32 bits per heavy atom. The van der Waals surface area contributed by atoms with E-state index in [0.29, 0.717) is 29.1 Å². The van der Waals surface area contributed by atoms with Crippen molar-refractivity contribution >= 4 is 16.9 Å². The fourth-order valence-electron chi connectivity index (χ4n) is 2.40. The number of aromatic nitrogens is 2. The summed E-state index contributed by atoms with van der Waals surface area (Å²) in [4.78, 5) is 28.5. The molecule has 3 rings (SSSR count). The molecule has 0 radical (unpaired) electrons. The summed E-state index contributed by atoms with van der Waals surface area (Å²) < 4.78 is 0. The lowest BCUT2D eigenvalue weighted by atomic mass is 10.1. The van der Waals surface area contributed by atoms with Crippen LogP contribution in [0.4, 0.5) is 0 Å². The minimum atomic E-state index is -0.260. The van der Waals surface area contributed by atoms with Crippen LogP contribution in [0, 0.1) is 5.92 Å². The van der Waals surface area contributed by atoms with Gasteiger partial charge < -0.3 is 20.6 Å². The molecule has 1 unspecified atom stereocenters. The Morgan fingerprint density at radius 2 is 2.16 bits per heavy atom. The minimum Gasteiger partial charge on any atom is -0.352 e. The SMILES string of the molecule is O=C(NCC1CCNC1)c1ccc2[nH]c(=O)[nH]c2c1. The molecule has 2 aromatic rings. The number of hydrogen-bond acceptors (Lipinski definition) is 3. The average molecular weight is 260 g/mol. The second-order valence-electron chi connectivity index (χ2n) is 4.91. The Morgan fingerprint density at radius 3 is 2.95 bits per heavy atom. The Bertz CT molecular complexity index is 652. The Balaban J connectivity index is 1.71. The third-order valence-electron chi connectivity index (χ3n) is 3.49. The van der Waals surface area contributed by atoms with Crippen molar-refractivity contribution in [3.8, 4) is 0 Å². The van der Waals surface area contributed by atoms with Crippen molar-refractivity contribution in [3.05, 3.63) is 34.2 Å². The van der Waals surface area contributed by atoms with E-state index in [4.69, 9.17) is 0 Å². The number of nitrogens with one attached hydrogen (secondary N) is 4. The maximum atomic E-state index is 12.0. The van der Waals surface area contributed by atoms with Gasteiger partial charge in [-0.2, -0.15) is 0 Å². The second-order valence-corrected chi connectivity index (χ2v) is 4.91. The zero-order valence-corrected chi connectivity index (χ0v) is 10.5. The Hall–Kier alpha value is -2.08. The van der Waals surface area contributed by atoms with Gasteiger partial charge in [0.25, 0.3) is 5.91 Å². The largest absolute Gasteiger partial charge is 0.352 e. The first kappa shape index (κ1) is 12.0. The van der Waals surface area contributed by atoms with Gasteiger partial charge >= 0.3 is 5.69 Å². The minimum absolute atomic E-state index is 0.101. The molecule has 1 aliphatic rings. The smallest absolute Gasteiger partial charge is 0.323 e. The van der Waals surface area contributed by atoms with Crippen molar-refractivity contribution in [1.29, 1.82) is 0 Å². The van der Waals surface area contributed by atoms with Crippen molar-refractivity contribution in [2.45, 2.75) is 6.42 Å². The van der Waals surface area contributed by atoms with E-state index in [-0.39, 0.29) is 11.6 Å². The van der Waals surface area contributed by atoms with Gasteiger partial charge in [-0.3, -0.25) is 4.79 Å². The van der Waals surface area contributed by atoms with Crippen molar-refractivity contribution in [2.24, 2.45) is 5.92 Å². The lowest BCUT2D eigenvalue weighted by molar-refractivity contribution is 0.0948. The van der Waals surface area contributed by atoms with E-state index in [1.165, 1.54) is 0 Å². The maximum absolute atomic E-state index is 12.0. The molecule has 0 aliphatic carbocycles. The third-order valence-corrected chi connectivity index (χ3v) is 3.49.